The molecule has 20 heavy (non-hydrogen) atoms. The highest BCUT2D eigenvalue weighted by Crippen LogP contribution is 2.35. The Morgan fingerprint density at radius 1 is 1.10 bits per heavy atom. The van der Waals surface area contributed by atoms with E-state index in [2.05, 4.69) is 55.6 Å². The molecule has 0 aliphatic rings. The van der Waals surface area contributed by atoms with Crippen molar-refractivity contribution < 1.29 is 0 Å². The predicted molar refractivity (Wildman–Crippen MR) is 90.7 cm³/mol. The van der Waals surface area contributed by atoms with Crippen LogP contribution in [0.3, 0.4) is 0 Å². The summed E-state index contributed by atoms with van der Waals surface area (Å²) < 4.78 is 2.69. The minimum Gasteiger partial charge on any atom is -0.320 e. The average molecular weight is 301 g/mol. The van der Waals surface area contributed by atoms with Crippen LogP contribution >= 0.6 is 22.7 Å². The molecule has 2 heterocycles. The summed E-state index contributed by atoms with van der Waals surface area (Å²) in [4.78, 5) is 1.26. The van der Waals surface area contributed by atoms with Gasteiger partial charge in [0.15, 0.2) is 0 Å². The molecule has 104 valence electrons. The summed E-state index contributed by atoms with van der Waals surface area (Å²) in [5, 5.41) is 2.14. The van der Waals surface area contributed by atoms with E-state index >= 15 is 0 Å². The van der Waals surface area contributed by atoms with Crippen molar-refractivity contribution in [3.05, 3.63) is 57.8 Å². The van der Waals surface area contributed by atoms with E-state index in [1.165, 1.54) is 25.4 Å². The normalized spacial score (nSPS) is 13.2. The van der Waals surface area contributed by atoms with Crippen LogP contribution in [0.5, 0.6) is 0 Å². The van der Waals surface area contributed by atoms with E-state index in [1.54, 1.807) is 11.3 Å². The lowest BCUT2D eigenvalue weighted by Crippen LogP contribution is -2.10. The summed E-state index contributed by atoms with van der Waals surface area (Å²) in [6.45, 7) is 4.50. The molecular formula is C17H19NS2. The van der Waals surface area contributed by atoms with Gasteiger partial charge in [0.05, 0.1) is 6.04 Å². The van der Waals surface area contributed by atoms with Gasteiger partial charge in [-0.1, -0.05) is 38.1 Å². The van der Waals surface area contributed by atoms with Crippen LogP contribution in [0.4, 0.5) is 0 Å². The number of thiophene rings is 2. The third kappa shape index (κ3) is 2.80. The van der Waals surface area contributed by atoms with Gasteiger partial charge in [-0.3, -0.25) is 0 Å². The Hall–Kier alpha value is -1.16. The first-order chi connectivity index (χ1) is 9.63. The lowest BCUT2D eigenvalue weighted by Gasteiger charge is -2.12. The molecule has 1 unspecified atom stereocenters. The van der Waals surface area contributed by atoms with Crippen molar-refractivity contribution in [2.75, 3.05) is 0 Å². The molecule has 1 aromatic carbocycles. The van der Waals surface area contributed by atoms with Crippen molar-refractivity contribution in [2.45, 2.75) is 26.3 Å². The molecule has 3 heteroatoms. The second-order valence-electron chi connectivity index (χ2n) is 5.62. The maximum Gasteiger partial charge on any atom is 0.0646 e. The van der Waals surface area contributed by atoms with Crippen LogP contribution in [0.1, 0.15) is 35.9 Å². The highest BCUT2D eigenvalue weighted by Gasteiger charge is 2.13. The van der Waals surface area contributed by atoms with Gasteiger partial charge in [0.25, 0.3) is 0 Å². The first-order valence-electron chi connectivity index (χ1n) is 6.95. The summed E-state index contributed by atoms with van der Waals surface area (Å²) in [6.07, 6.45) is 1.11. The number of rotatable bonds is 4. The van der Waals surface area contributed by atoms with Gasteiger partial charge in [0.2, 0.25) is 0 Å². The Labute approximate surface area is 128 Å². The van der Waals surface area contributed by atoms with Gasteiger partial charge in [0, 0.05) is 14.3 Å². The number of benzene rings is 1. The first-order valence-corrected chi connectivity index (χ1v) is 8.64. The lowest BCUT2D eigenvalue weighted by molar-refractivity contribution is 0.646. The summed E-state index contributed by atoms with van der Waals surface area (Å²) in [5.41, 5.74) is 9.05. The molecule has 0 fully saturated rings. The molecule has 0 radical (unpaired) electrons. The van der Waals surface area contributed by atoms with Crippen molar-refractivity contribution in [3.63, 3.8) is 0 Å². The third-order valence-corrected chi connectivity index (χ3v) is 5.60. The molecule has 0 aliphatic carbocycles. The van der Waals surface area contributed by atoms with Crippen molar-refractivity contribution in [3.8, 4) is 0 Å². The summed E-state index contributed by atoms with van der Waals surface area (Å²) in [5.74, 6) is 0.675. The fourth-order valence-corrected chi connectivity index (χ4v) is 4.64. The Morgan fingerprint density at radius 2 is 1.95 bits per heavy atom. The minimum absolute atomic E-state index is 0.00767. The Bertz CT molecular complexity index is 680. The Kier molecular flexibility index (Phi) is 3.92. The molecule has 0 saturated carbocycles. The lowest BCUT2D eigenvalue weighted by atomic mass is 9.98. The zero-order valence-electron chi connectivity index (χ0n) is 11.8. The number of nitrogens with two attached hydrogens (primary N) is 1. The van der Waals surface area contributed by atoms with E-state index in [-0.39, 0.29) is 6.04 Å². The van der Waals surface area contributed by atoms with E-state index < -0.39 is 0 Å². The molecule has 0 amide bonds. The fraction of sp³-hybridized carbons (Fsp3) is 0.294. The van der Waals surface area contributed by atoms with E-state index in [0.717, 1.165) is 6.42 Å². The maximum atomic E-state index is 6.45. The van der Waals surface area contributed by atoms with E-state index in [4.69, 9.17) is 5.73 Å². The predicted octanol–water partition coefficient (Wildman–Crippen LogP) is 5.21. The Balaban J connectivity index is 1.89. The fourth-order valence-electron chi connectivity index (χ4n) is 2.49. The number of hydrogen-bond donors (Lipinski definition) is 1. The van der Waals surface area contributed by atoms with Crippen LogP contribution in [0.15, 0.2) is 41.8 Å². The molecule has 0 aliphatic heterocycles. The molecule has 3 aromatic rings. The molecule has 2 N–H and O–H groups in total. The minimum atomic E-state index is -0.00767. The van der Waals surface area contributed by atoms with Crippen LogP contribution < -0.4 is 5.73 Å². The smallest absolute Gasteiger partial charge is 0.0646 e. The zero-order chi connectivity index (χ0) is 14.1. The van der Waals surface area contributed by atoms with Crippen LogP contribution in [0.25, 0.3) is 9.40 Å². The van der Waals surface area contributed by atoms with Crippen molar-refractivity contribution in [1.82, 2.24) is 0 Å². The average Bonchev–Trinajstić information content (AvgIpc) is 2.98. The summed E-state index contributed by atoms with van der Waals surface area (Å²) in [6, 6.07) is 13.1. The monoisotopic (exact) mass is 301 g/mol. The Morgan fingerprint density at radius 3 is 2.70 bits per heavy atom. The van der Waals surface area contributed by atoms with Gasteiger partial charge in [-0.25, -0.2) is 0 Å². The standard InChI is InChI=1S/C17H19NS2/c1-11(2)8-12-4-3-5-13(9-12)17(18)16-10-15-14(20-16)6-7-19-15/h3-7,9-11,17H,8,18H2,1-2H3. The van der Waals surface area contributed by atoms with E-state index in [1.807, 2.05) is 11.3 Å². The van der Waals surface area contributed by atoms with E-state index in [9.17, 15) is 0 Å². The van der Waals surface area contributed by atoms with E-state index in [0.29, 0.717) is 5.92 Å². The van der Waals surface area contributed by atoms with Crippen LogP contribution in [-0.4, -0.2) is 0 Å². The molecule has 1 atom stereocenters. The first kappa shape index (κ1) is 13.8. The second kappa shape index (κ2) is 5.68. The summed E-state index contributed by atoms with van der Waals surface area (Å²) in [7, 11) is 0. The highest BCUT2D eigenvalue weighted by atomic mass is 32.1. The molecule has 2 aromatic heterocycles. The zero-order valence-corrected chi connectivity index (χ0v) is 13.4. The number of fused-ring (bicyclic) bond motifs is 1. The molecule has 0 saturated heterocycles. The van der Waals surface area contributed by atoms with Crippen molar-refractivity contribution in [2.24, 2.45) is 11.7 Å². The van der Waals surface area contributed by atoms with Crippen molar-refractivity contribution >= 4 is 32.1 Å². The molecule has 0 spiro atoms. The van der Waals surface area contributed by atoms with Gasteiger partial charge >= 0.3 is 0 Å². The van der Waals surface area contributed by atoms with Gasteiger partial charge < -0.3 is 5.73 Å². The third-order valence-electron chi connectivity index (χ3n) is 3.42. The van der Waals surface area contributed by atoms with Gasteiger partial charge in [0.1, 0.15) is 0 Å². The van der Waals surface area contributed by atoms with Crippen LogP contribution in [0.2, 0.25) is 0 Å². The topological polar surface area (TPSA) is 26.0 Å². The van der Waals surface area contributed by atoms with Gasteiger partial charge in [-0.15, -0.1) is 22.7 Å². The SMILES string of the molecule is CC(C)Cc1cccc(C(N)c2cc3sccc3s2)c1. The second-order valence-corrected chi connectivity index (χ2v) is 7.68. The van der Waals surface area contributed by atoms with Gasteiger partial charge in [-0.05, 0) is 41.0 Å². The highest BCUT2D eigenvalue weighted by molar-refractivity contribution is 7.27. The largest absolute Gasteiger partial charge is 0.320 e. The van der Waals surface area contributed by atoms with Gasteiger partial charge in [-0.2, -0.15) is 0 Å². The maximum absolute atomic E-state index is 6.45. The van der Waals surface area contributed by atoms with Crippen molar-refractivity contribution in [1.29, 1.82) is 0 Å². The quantitative estimate of drug-likeness (QED) is 0.703. The molecular weight excluding hydrogens is 282 g/mol. The summed E-state index contributed by atoms with van der Waals surface area (Å²) >= 11 is 3.60. The molecule has 3 rings (SSSR count). The van der Waals surface area contributed by atoms with Crippen LogP contribution in [0, 0.1) is 5.92 Å². The molecule has 1 nitrogen and oxygen atoms in total. The number of hydrogen-bond acceptors (Lipinski definition) is 3. The molecule has 0 bridgehead atoms. The van der Waals surface area contributed by atoms with Crippen LogP contribution in [-0.2, 0) is 6.42 Å².